The van der Waals surface area contributed by atoms with Crippen LogP contribution in [0.15, 0.2) is 30.3 Å². The van der Waals surface area contributed by atoms with Crippen molar-refractivity contribution < 1.29 is 14.6 Å². The van der Waals surface area contributed by atoms with Gasteiger partial charge in [-0.15, -0.1) is 0 Å². The molecule has 120 valence electrons. The fourth-order valence-electron chi connectivity index (χ4n) is 3.42. The molecule has 2 fully saturated rings. The Bertz CT molecular complexity index is 492. The van der Waals surface area contributed by atoms with Gasteiger partial charge in [0.05, 0.1) is 12.5 Å². The maximum Gasteiger partial charge on any atom is 0.227 e. The Labute approximate surface area is 131 Å². The minimum atomic E-state index is -0.0881. The van der Waals surface area contributed by atoms with E-state index in [1.54, 1.807) is 0 Å². The minimum absolute atomic E-state index is 0.0327. The van der Waals surface area contributed by atoms with Crippen molar-refractivity contribution in [3.05, 3.63) is 35.9 Å². The summed E-state index contributed by atoms with van der Waals surface area (Å²) in [4.78, 5) is 12.7. The number of hydrogen-bond donors (Lipinski definition) is 2. The largest absolute Gasteiger partial charge is 0.396 e. The number of aliphatic hydroxyl groups is 1. The first-order valence-corrected chi connectivity index (χ1v) is 8.25. The van der Waals surface area contributed by atoms with Crippen LogP contribution in [0.4, 0.5) is 0 Å². The van der Waals surface area contributed by atoms with Gasteiger partial charge in [-0.3, -0.25) is 4.79 Å². The molecule has 1 amide bonds. The van der Waals surface area contributed by atoms with E-state index in [9.17, 15) is 9.90 Å². The van der Waals surface area contributed by atoms with Crippen LogP contribution >= 0.6 is 0 Å². The second-order valence-electron chi connectivity index (χ2n) is 6.72. The average molecular weight is 303 g/mol. The lowest BCUT2D eigenvalue weighted by Gasteiger charge is -2.28. The van der Waals surface area contributed by atoms with Crippen molar-refractivity contribution >= 4 is 5.91 Å². The molecule has 1 aliphatic carbocycles. The molecular weight excluding hydrogens is 278 g/mol. The van der Waals surface area contributed by atoms with Crippen LogP contribution in [0, 0.1) is 11.3 Å². The zero-order valence-electron chi connectivity index (χ0n) is 13.0. The number of aliphatic hydroxyl groups excluding tert-OH is 1. The third-order valence-electron chi connectivity index (χ3n) is 5.00. The average Bonchev–Trinajstić information content (AvgIpc) is 3.26. The van der Waals surface area contributed by atoms with Crippen molar-refractivity contribution in [3.8, 4) is 0 Å². The molecule has 1 heterocycles. The molecule has 4 nitrogen and oxygen atoms in total. The van der Waals surface area contributed by atoms with Crippen LogP contribution in [0.1, 0.15) is 37.2 Å². The van der Waals surface area contributed by atoms with Gasteiger partial charge in [0.15, 0.2) is 0 Å². The van der Waals surface area contributed by atoms with Crippen LogP contribution in [0.5, 0.6) is 0 Å². The zero-order chi connectivity index (χ0) is 15.4. The molecule has 1 saturated heterocycles. The van der Waals surface area contributed by atoms with Crippen LogP contribution in [0.3, 0.4) is 0 Å². The van der Waals surface area contributed by atoms with Gasteiger partial charge < -0.3 is 15.2 Å². The molecule has 2 atom stereocenters. The van der Waals surface area contributed by atoms with E-state index in [1.807, 2.05) is 30.3 Å². The molecule has 0 spiro atoms. The van der Waals surface area contributed by atoms with Crippen LogP contribution in [0.2, 0.25) is 0 Å². The summed E-state index contributed by atoms with van der Waals surface area (Å²) in [5.74, 6) is 0.573. The second-order valence-corrected chi connectivity index (χ2v) is 6.72. The predicted octanol–water partition coefficient (Wildman–Crippen LogP) is 2.09. The van der Waals surface area contributed by atoms with E-state index >= 15 is 0 Å². The molecule has 4 heteroatoms. The third kappa shape index (κ3) is 3.50. The van der Waals surface area contributed by atoms with Gasteiger partial charge in [0, 0.05) is 25.2 Å². The van der Waals surface area contributed by atoms with Crippen molar-refractivity contribution in [2.75, 3.05) is 26.4 Å². The molecule has 1 aromatic carbocycles. The molecule has 0 aromatic heterocycles. The molecule has 22 heavy (non-hydrogen) atoms. The molecule has 2 aliphatic rings. The van der Waals surface area contributed by atoms with Gasteiger partial charge in [-0.05, 0) is 37.2 Å². The second kappa shape index (κ2) is 6.80. The summed E-state index contributed by atoms with van der Waals surface area (Å²) in [6.07, 6.45) is 3.87. The van der Waals surface area contributed by atoms with Gasteiger partial charge in [0.25, 0.3) is 0 Å². The monoisotopic (exact) mass is 303 g/mol. The van der Waals surface area contributed by atoms with E-state index in [-0.39, 0.29) is 23.8 Å². The number of amides is 1. The smallest absolute Gasteiger partial charge is 0.227 e. The molecule has 2 N–H and O–H groups in total. The summed E-state index contributed by atoms with van der Waals surface area (Å²) < 4.78 is 5.49. The van der Waals surface area contributed by atoms with Gasteiger partial charge in [0.1, 0.15) is 0 Å². The zero-order valence-corrected chi connectivity index (χ0v) is 13.0. The summed E-state index contributed by atoms with van der Waals surface area (Å²) in [7, 11) is 0. The highest BCUT2D eigenvalue weighted by Gasteiger charge is 2.39. The number of carbonyl (C=O) groups is 1. The molecule has 1 aliphatic heterocycles. The molecule has 0 bridgehead atoms. The maximum atomic E-state index is 12.7. The Morgan fingerprint density at radius 2 is 2.14 bits per heavy atom. The standard InChI is InChI=1S/C18H25NO3/c20-10-8-18(9-11-22-13-18)12-19-17(21)16(15-6-7-15)14-4-2-1-3-5-14/h1-5,15-16,20H,6-13H2,(H,19,21). The topological polar surface area (TPSA) is 58.6 Å². The number of nitrogens with one attached hydrogen (secondary N) is 1. The quantitative estimate of drug-likeness (QED) is 0.811. The van der Waals surface area contributed by atoms with Crippen LogP contribution in [-0.2, 0) is 9.53 Å². The van der Waals surface area contributed by atoms with E-state index in [0.29, 0.717) is 25.5 Å². The van der Waals surface area contributed by atoms with E-state index in [4.69, 9.17) is 4.74 Å². The molecule has 0 radical (unpaired) electrons. The molecule has 2 unspecified atom stereocenters. The first-order valence-electron chi connectivity index (χ1n) is 8.25. The highest BCUT2D eigenvalue weighted by atomic mass is 16.5. The lowest BCUT2D eigenvalue weighted by atomic mass is 9.83. The Balaban J connectivity index is 1.64. The third-order valence-corrected chi connectivity index (χ3v) is 5.00. The van der Waals surface area contributed by atoms with E-state index in [1.165, 1.54) is 0 Å². The highest BCUT2D eigenvalue weighted by molar-refractivity contribution is 5.84. The Hall–Kier alpha value is -1.39. The molecular formula is C18H25NO3. The van der Waals surface area contributed by atoms with Gasteiger partial charge >= 0.3 is 0 Å². The lowest BCUT2D eigenvalue weighted by Crippen LogP contribution is -2.41. The van der Waals surface area contributed by atoms with Crippen molar-refractivity contribution in [2.45, 2.75) is 31.6 Å². The van der Waals surface area contributed by atoms with Gasteiger partial charge in [0.2, 0.25) is 5.91 Å². The normalized spacial score (nSPS) is 25.9. The number of ether oxygens (including phenoxy) is 1. The highest BCUT2D eigenvalue weighted by Crippen LogP contribution is 2.43. The maximum absolute atomic E-state index is 12.7. The van der Waals surface area contributed by atoms with Crippen molar-refractivity contribution in [3.63, 3.8) is 0 Å². The van der Waals surface area contributed by atoms with Crippen molar-refractivity contribution in [1.29, 1.82) is 0 Å². The Morgan fingerprint density at radius 1 is 1.36 bits per heavy atom. The van der Waals surface area contributed by atoms with Crippen LogP contribution < -0.4 is 5.32 Å². The van der Waals surface area contributed by atoms with Crippen LogP contribution in [0.25, 0.3) is 0 Å². The summed E-state index contributed by atoms with van der Waals surface area (Å²) in [5, 5.41) is 12.4. The Morgan fingerprint density at radius 3 is 2.73 bits per heavy atom. The fourth-order valence-corrected chi connectivity index (χ4v) is 3.42. The van der Waals surface area contributed by atoms with Gasteiger partial charge in [-0.2, -0.15) is 0 Å². The summed E-state index contributed by atoms with van der Waals surface area (Å²) in [5.41, 5.74) is 1.02. The van der Waals surface area contributed by atoms with Crippen molar-refractivity contribution in [2.24, 2.45) is 11.3 Å². The Kier molecular flexibility index (Phi) is 4.79. The van der Waals surface area contributed by atoms with Crippen LogP contribution in [-0.4, -0.2) is 37.4 Å². The summed E-state index contributed by atoms with van der Waals surface area (Å²) in [6.45, 7) is 2.10. The predicted molar refractivity (Wildman–Crippen MR) is 84.5 cm³/mol. The first-order chi connectivity index (χ1) is 10.7. The van der Waals surface area contributed by atoms with E-state index in [0.717, 1.165) is 31.4 Å². The molecule has 3 rings (SSSR count). The lowest BCUT2D eigenvalue weighted by molar-refractivity contribution is -0.123. The molecule has 1 saturated carbocycles. The van der Waals surface area contributed by atoms with E-state index < -0.39 is 0 Å². The molecule has 1 aromatic rings. The van der Waals surface area contributed by atoms with Gasteiger partial charge in [-0.1, -0.05) is 30.3 Å². The first kappa shape index (κ1) is 15.5. The number of benzene rings is 1. The van der Waals surface area contributed by atoms with E-state index in [2.05, 4.69) is 5.32 Å². The summed E-state index contributed by atoms with van der Waals surface area (Å²) >= 11 is 0. The SMILES string of the molecule is O=C(NCC1(CCO)CCOC1)C(c1ccccc1)C1CC1. The number of rotatable bonds is 7. The fraction of sp³-hybridized carbons (Fsp3) is 0.611. The number of carbonyl (C=O) groups excluding carboxylic acids is 1. The number of hydrogen-bond acceptors (Lipinski definition) is 3. The van der Waals surface area contributed by atoms with Gasteiger partial charge in [-0.25, -0.2) is 0 Å². The minimum Gasteiger partial charge on any atom is -0.396 e. The van der Waals surface area contributed by atoms with Crippen molar-refractivity contribution in [1.82, 2.24) is 5.32 Å². The summed E-state index contributed by atoms with van der Waals surface area (Å²) in [6, 6.07) is 10.1.